The molecule has 0 amide bonds. The second-order valence-corrected chi connectivity index (χ2v) is 2.72. The van der Waals surface area contributed by atoms with E-state index in [4.69, 9.17) is 15.2 Å². The van der Waals surface area contributed by atoms with Crippen molar-refractivity contribution in [1.29, 1.82) is 0 Å². The summed E-state index contributed by atoms with van der Waals surface area (Å²) in [6.45, 7) is 0.514. The van der Waals surface area contributed by atoms with Gasteiger partial charge in [-0.05, 0) is 6.07 Å². The summed E-state index contributed by atoms with van der Waals surface area (Å²) >= 11 is 0. The van der Waals surface area contributed by atoms with Crippen LogP contribution in [0, 0.1) is 0 Å². The fraction of sp³-hybridized carbons (Fsp3) is 0.273. The van der Waals surface area contributed by atoms with Gasteiger partial charge in [0.2, 0.25) is 0 Å². The average Bonchev–Trinajstić information content (AvgIpc) is 2.25. The zero-order chi connectivity index (χ0) is 10.4. The van der Waals surface area contributed by atoms with E-state index >= 15 is 0 Å². The lowest BCUT2D eigenvalue weighted by Gasteiger charge is -2.09. The molecule has 0 saturated carbocycles. The van der Waals surface area contributed by atoms with Crippen LogP contribution in [0.25, 0.3) is 6.08 Å². The van der Waals surface area contributed by atoms with Crippen LogP contribution in [-0.4, -0.2) is 20.8 Å². The van der Waals surface area contributed by atoms with Gasteiger partial charge in [0, 0.05) is 12.1 Å². The topological polar surface area (TPSA) is 44.5 Å². The Morgan fingerprint density at radius 1 is 1.29 bits per heavy atom. The minimum absolute atomic E-state index is 0.514. The molecule has 0 radical (unpaired) electrons. The molecule has 0 unspecified atom stereocenters. The van der Waals surface area contributed by atoms with Gasteiger partial charge in [0.05, 0.1) is 14.2 Å². The van der Waals surface area contributed by atoms with E-state index in [1.807, 2.05) is 30.4 Å². The summed E-state index contributed by atoms with van der Waals surface area (Å²) in [5.41, 5.74) is 6.35. The SMILES string of the molecule is COc1cccc(/C=C/CN)c1OC. The van der Waals surface area contributed by atoms with Crippen LogP contribution in [0.15, 0.2) is 24.3 Å². The molecule has 76 valence electrons. The summed E-state index contributed by atoms with van der Waals surface area (Å²) in [5, 5.41) is 0. The predicted molar refractivity (Wildman–Crippen MR) is 57.6 cm³/mol. The van der Waals surface area contributed by atoms with E-state index in [1.165, 1.54) is 0 Å². The molecular formula is C11H15NO2. The Kier molecular flexibility index (Phi) is 4.01. The van der Waals surface area contributed by atoms with E-state index in [-0.39, 0.29) is 0 Å². The number of rotatable bonds is 4. The standard InChI is InChI=1S/C11H15NO2/c1-13-10-7-3-5-9(6-4-8-12)11(10)14-2/h3-7H,8,12H2,1-2H3/b6-4+. The summed E-state index contributed by atoms with van der Waals surface area (Å²) in [4.78, 5) is 0. The molecule has 1 rings (SSSR count). The van der Waals surface area contributed by atoms with Crippen LogP contribution in [0.2, 0.25) is 0 Å². The third kappa shape index (κ3) is 2.26. The summed E-state index contributed by atoms with van der Waals surface area (Å²) in [6, 6.07) is 5.73. The molecule has 0 saturated heterocycles. The van der Waals surface area contributed by atoms with Gasteiger partial charge >= 0.3 is 0 Å². The van der Waals surface area contributed by atoms with Gasteiger partial charge in [-0.2, -0.15) is 0 Å². The number of hydrogen-bond donors (Lipinski definition) is 1. The van der Waals surface area contributed by atoms with Crippen molar-refractivity contribution in [1.82, 2.24) is 0 Å². The van der Waals surface area contributed by atoms with Crippen molar-refractivity contribution in [3.8, 4) is 11.5 Å². The number of nitrogens with two attached hydrogens (primary N) is 1. The van der Waals surface area contributed by atoms with Gasteiger partial charge in [0.25, 0.3) is 0 Å². The Balaban J connectivity index is 3.08. The van der Waals surface area contributed by atoms with Crippen LogP contribution < -0.4 is 15.2 Å². The van der Waals surface area contributed by atoms with Crippen LogP contribution in [0.1, 0.15) is 5.56 Å². The second-order valence-electron chi connectivity index (χ2n) is 2.72. The molecule has 3 heteroatoms. The van der Waals surface area contributed by atoms with Crippen LogP contribution in [-0.2, 0) is 0 Å². The summed E-state index contributed by atoms with van der Waals surface area (Å²) in [7, 11) is 3.24. The van der Waals surface area contributed by atoms with E-state index in [2.05, 4.69) is 0 Å². The molecule has 1 aromatic rings. The molecule has 14 heavy (non-hydrogen) atoms. The van der Waals surface area contributed by atoms with E-state index < -0.39 is 0 Å². The van der Waals surface area contributed by atoms with E-state index in [1.54, 1.807) is 14.2 Å². The Morgan fingerprint density at radius 2 is 2.07 bits per heavy atom. The van der Waals surface area contributed by atoms with Gasteiger partial charge in [-0.15, -0.1) is 0 Å². The average molecular weight is 193 g/mol. The van der Waals surface area contributed by atoms with Crippen LogP contribution in [0.3, 0.4) is 0 Å². The molecular weight excluding hydrogens is 178 g/mol. The molecule has 0 bridgehead atoms. The van der Waals surface area contributed by atoms with Crippen LogP contribution in [0.4, 0.5) is 0 Å². The van der Waals surface area contributed by atoms with E-state index in [9.17, 15) is 0 Å². The summed E-state index contributed by atoms with van der Waals surface area (Å²) in [5.74, 6) is 1.46. The highest BCUT2D eigenvalue weighted by molar-refractivity contribution is 5.62. The molecule has 0 spiro atoms. The number of benzene rings is 1. The molecule has 1 aromatic carbocycles. The monoisotopic (exact) mass is 193 g/mol. The molecule has 0 aliphatic heterocycles. The third-order valence-corrected chi connectivity index (χ3v) is 1.87. The maximum absolute atomic E-state index is 5.38. The Hall–Kier alpha value is -1.48. The van der Waals surface area contributed by atoms with Gasteiger partial charge in [-0.1, -0.05) is 24.3 Å². The zero-order valence-electron chi connectivity index (χ0n) is 8.49. The van der Waals surface area contributed by atoms with Gasteiger partial charge in [-0.3, -0.25) is 0 Å². The van der Waals surface area contributed by atoms with Gasteiger partial charge in [0.15, 0.2) is 11.5 Å². The minimum Gasteiger partial charge on any atom is -0.493 e. The van der Waals surface area contributed by atoms with Gasteiger partial charge in [0.1, 0.15) is 0 Å². The van der Waals surface area contributed by atoms with Crippen LogP contribution in [0.5, 0.6) is 11.5 Å². The van der Waals surface area contributed by atoms with Crippen molar-refractivity contribution in [2.75, 3.05) is 20.8 Å². The minimum atomic E-state index is 0.514. The highest BCUT2D eigenvalue weighted by Crippen LogP contribution is 2.31. The molecule has 0 atom stereocenters. The number of para-hydroxylation sites is 1. The normalized spacial score (nSPS) is 10.5. The largest absolute Gasteiger partial charge is 0.493 e. The van der Waals surface area contributed by atoms with Crippen molar-refractivity contribution >= 4 is 6.08 Å². The zero-order valence-corrected chi connectivity index (χ0v) is 8.49. The van der Waals surface area contributed by atoms with Crippen molar-refractivity contribution < 1.29 is 9.47 Å². The number of hydrogen-bond acceptors (Lipinski definition) is 3. The molecule has 0 heterocycles. The summed E-state index contributed by atoms with van der Waals surface area (Å²) in [6.07, 6.45) is 3.79. The molecule has 3 nitrogen and oxygen atoms in total. The Bertz CT molecular complexity index is 321. The smallest absolute Gasteiger partial charge is 0.167 e. The first-order valence-corrected chi connectivity index (χ1v) is 4.41. The molecule has 0 aliphatic carbocycles. The first-order valence-electron chi connectivity index (χ1n) is 4.41. The van der Waals surface area contributed by atoms with E-state index in [0.29, 0.717) is 6.54 Å². The number of ether oxygens (including phenoxy) is 2. The fourth-order valence-electron chi connectivity index (χ4n) is 1.24. The summed E-state index contributed by atoms with van der Waals surface area (Å²) < 4.78 is 10.4. The molecule has 2 N–H and O–H groups in total. The quantitative estimate of drug-likeness (QED) is 0.791. The molecule has 0 aromatic heterocycles. The van der Waals surface area contributed by atoms with Crippen molar-refractivity contribution in [3.63, 3.8) is 0 Å². The first kappa shape index (κ1) is 10.6. The highest BCUT2D eigenvalue weighted by atomic mass is 16.5. The lowest BCUT2D eigenvalue weighted by molar-refractivity contribution is 0.354. The van der Waals surface area contributed by atoms with Gasteiger partial charge in [-0.25, -0.2) is 0 Å². The Labute approximate surface area is 84.1 Å². The van der Waals surface area contributed by atoms with Gasteiger partial charge < -0.3 is 15.2 Å². The maximum Gasteiger partial charge on any atom is 0.167 e. The fourth-order valence-corrected chi connectivity index (χ4v) is 1.24. The van der Waals surface area contributed by atoms with Crippen molar-refractivity contribution in [2.24, 2.45) is 5.73 Å². The lowest BCUT2D eigenvalue weighted by Crippen LogP contribution is -1.94. The maximum atomic E-state index is 5.38. The Morgan fingerprint density at radius 3 is 2.64 bits per heavy atom. The first-order chi connectivity index (χ1) is 6.83. The van der Waals surface area contributed by atoms with Crippen molar-refractivity contribution in [2.45, 2.75) is 0 Å². The van der Waals surface area contributed by atoms with Crippen LogP contribution >= 0.6 is 0 Å². The van der Waals surface area contributed by atoms with E-state index in [0.717, 1.165) is 17.1 Å². The van der Waals surface area contributed by atoms with Crippen molar-refractivity contribution in [3.05, 3.63) is 29.8 Å². The molecule has 0 aliphatic rings. The highest BCUT2D eigenvalue weighted by Gasteiger charge is 2.05. The second kappa shape index (κ2) is 5.29. The third-order valence-electron chi connectivity index (χ3n) is 1.87. The predicted octanol–water partition coefficient (Wildman–Crippen LogP) is 1.68. The lowest BCUT2D eigenvalue weighted by atomic mass is 10.1. The number of methoxy groups -OCH3 is 2. The molecule has 0 fully saturated rings.